The van der Waals surface area contributed by atoms with Crippen LogP contribution in [0.4, 0.5) is 0 Å². The lowest BCUT2D eigenvalue weighted by Crippen LogP contribution is -2.49. The van der Waals surface area contributed by atoms with Crippen LogP contribution in [0.25, 0.3) is 0 Å². The van der Waals surface area contributed by atoms with Gasteiger partial charge in [-0.1, -0.05) is 57.9 Å². The second-order valence-electron chi connectivity index (χ2n) is 12.9. The van der Waals surface area contributed by atoms with E-state index in [1.54, 1.807) is 11.1 Å². The smallest absolute Gasteiger partial charge is 0.192 e. The number of carbonyl (C=O) groups is 1. The van der Waals surface area contributed by atoms with Crippen molar-refractivity contribution in [2.75, 3.05) is 0 Å². The fraction of sp³-hybridized carbons (Fsp3) is 0.815. The maximum Gasteiger partial charge on any atom is 0.192 e. The Morgan fingerprint density at radius 2 is 1.73 bits per heavy atom. The number of allylic oxidation sites excluding steroid dienone is 3. The molecule has 0 unspecified atom stereocenters. The Balaban J connectivity index is 1.58. The van der Waals surface area contributed by atoms with E-state index in [2.05, 4.69) is 59.9 Å². The molecule has 0 saturated heterocycles. The Morgan fingerprint density at radius 3 is 2.37 bits per heavy atom. The second kappa shape index (κ2) is 7.17. The molecule has 0 bridgehead atoms. The Hall–Kier alpha value is -0.673. The molecular formula is C27H44O2Si. The number of ketones is 1. The van der Waals surface area contributed by atoms with E-state index in [4.69, 9.17) is 4.43 Å². The fourth-order valence-electron chi connectivity index (χ4n) is 7.33. The average molecular weight is 429 g/mol. The maximum atomic E-state index is 12.3. The molecule has 6 atom stereocenters. The highest BCUT2D eigenvalue weighted by molar-refractivity contribution is 6.74. The number of hydrogen-bond donors (Lipinski definition) is 0. The summed E-state index contributed by atoms with van der Waals surface area (Å²) in [7, 11) is -1.73. The zero-order valence-electron chi connectivity index (χ0n) is 20.7. The van der Waals surface area contributed by atoms with Crippen molar-refractivity contribution in [1.29, 1.82) is 0 Å². The van der Waals surface area contributed by atoms with Gasteiger partial charge in [0.15, 0.2) is 8.32 Å². The highest BCUT2D eigenvalue weighted by atomic mass is 28.4. The van der Waals surface area contributed by atoms with Gasteiger partial charge in [-0.15, -0.1) is 0 Å². The molecule has 4 aliphatic rings. The summed E-state index contributed by atoms with van der Waals surface area (Å²) in [5.41, 5.74) is 3.81. The summed E-state index contributed by atoms with van der Waals surface area (Å²) >= 11 is 0. The van der Waals surface area contributed by atoms with Gasteiger partial charge in [0.25, 0.3) is 0 Å². The number of rotatable bonds is 3. The van der Waals surface area contributed by atoms with Gasteiger partial charge in [0.2, 0.25) is 0 Å². The van der Waals surface area contributed by atoms with Crippen molar-refractivity contribution in [3.63, 3.8) is 0 Å². The zero-order valence-corrected chi connectivity index (χ0v) is 21.7. The summed E-state index contributed by atoms with van der Waals surface area (Å²) in [6, 6.07) is 0. The molecule has 4 aliphatic carbocycles. The Morgan fingerprint density at radius 1 is 1.03 bits per heavy atom. The van der Waals surface area contributed by atoms with Crippen LogP contribution in [0.3, 0.4) is 0 Å². The Labute approximate surface area is 186 Å². The SMILES string of the molecule is CC(=O)[C@H]1CC[C@H]2C3=CC=C4C[C@@H](O[Si](C)(C)C(C)(C)C)CC[C@]4(C)[C@H]3CC[C@]12C. The van der Waals surface area contributed by atoms with Crippen molar-refractivity contribution in [3.8, 4) is 0 Å². The van der Waals surface area contributed by atoms with Crippen molar-refractivity contribution in [2.24, 2.45) is 28.6 Å². The van der Waals surface area contributed by atoms with Crippen molar-refractivity contribution in [1.82, 2.24) is 0 Å². The minimum absolute atomic E-state index is 0.193. The summed E-state index contributed by atoms with van der Waals surface area (Å²) in [5, 5.41) is 0.269. The van der Waals surface area contributed by atoms with Crippen LogP contribution >= 0.6 is 0 Å². The first-order valence-corrected chi connectivity index (χ1v) is 15.3. The molecule has 0 radical (unpaired) electrons. The first-order chi connectivity index (χ1) is 13.8. The molecule has 3 heteroatoms. The van der Waals surface area contributed by atoms with E-state index in [0.29, 0.717) is 29.1 Å². The summed E-state index contributed by atoms with van der Waals surface area (Å²) in [6.07, 6.45) is 13.7. The lowest BCUT2D eigenvalue weighted by atomic mass is 9.50. The minimum atomic E-state index is -1.73. The van der Waals surface area contributed by atoms with Gasteiger partial charge in [0, 0.05) is 12.0 Å². The number of carbonyl (C=O) groups excluding carboxylic acids is 1. The quantitative estimate of drug-likeness (QED) is 0.436. The fourth-order valence-corrected chi connectivity index (χ4v) is 8.72. The predicted octanol–water partition coefficient (Wildman–Crippen LogP) is 7.46. The van der Waals surface area contributed by atoms with Crippen LogP contribution in [0.15, 0.2) is 23.3 Å². The van der Waals surface area contributed by atoms with Gasteiger partial charge in [0.1, 0.15) is 5.78 Å². The van der Waals surface area contributed by atoms with Crippen LogP contribution < -0.4 is 0 Å². The summed E-state index contributed by atoms with van der Waals surface area (Å²) in [6.45, 7) is 18.6. The van der Waals surface area contributed by atoms with E-state index in [0.717, 1.165) is 12.8 Å². The number of fused-ring (bicyclic) bond motifs is 5. The van der Waals surface area contributed by atoms with Crippen LogP contribution in [0.1, 0.15) is 86.5 Å². The third kappa shape index (κ3) is 3.34. The third-order valence-corrected chi connectivity index (χ3v) is 14.8. The third-order valence-electron chi connectivity index (χ3n) is 10.3. The number of Topliss-reactive ketones (excluding diaryl/α,β-unsaturated/α-hetero) is 1. The lowest BCUT2D eigenvalue weighted by Gasteiger charge is -2.55. The van der Waals surface area contributed by atoms with Gasteiger partial charge >= 0.3 is 0 Å². The largest absolute Gasteiger partial charge is 0.414 e. The number of hydrogen-bond acceptors (Lipinski definition) is 2. The molecule has 0 heterocycles. The van der Waals surface area contributed by atoms with E-state index >= 15 is 0 Å². The van der Waals surface area contributed by atoms with Crippen molar-refractivity contribution in [2.45, 2.75) is 111 Å². The van der Waals surface area contributed by atoms with Gasteiger partial charge in [-0.05, 0) is 92.7 Å². The molecule has 168 valence electrons. The zero-order chi connectivity index (χ0) is 22.1. The van der Waals surface area contributed by atoms with Gasteiger partial charge < -0.3 is 4.43 Å². The normalized spacial score (nSPS) is 41.3. The van der Waals surface area contributed by atoms with Crippen LogP contribution in [0.2, 0.25) is 18.1 Å². The summed E-state index contributed by atoms with van der Waals surface area (Å²) in [5.74, 6) is 1.98. The van der Waals surface area contributed by atoms with Crippen molar-refractivity contribution in [3.05, 3.63) is 23.3 Å². The van der Waals surface area contributed by atoms with Crippen molar-refractivity contribution >= 4 is 14.1 Å². The van der Waals surface area contributed by atoms with Gasteiger partial charge in [-0.3, -0.25) is 4.79 Å². The summed E-state index contributed by atoms with van der Waals surface area (Å²) < 4.78 is 6.84. The molecule has 0 N–H and O–H groups in total. The van der Waals surface area contributed by atoms with E-state index in [-0.39, 0.29) is 16.4 Å². The minimum Gasteiger partial charge on any atom is -0.414 e. The average Bonchev–Trinajstić information content (AvgIpc) is 2.98. The van der Waals surface area contributed by atoms with Crippen LogP contribution in [-0.4, -0.2) is 20.2 Å². The summed E-state index contributed by atoms with van der Waals surface area (Å²) in [4.78, 5) is 12.3. The van der Waals surface area contributed by atoms with Crippen LogP contribution in [0.5, 0.6) is 0 Å². The molecule has 0 amide bonds. The monoisotopic (exact) mass is 428 g/mol. The molecule has 0 aromatic heterocycles. The molecule has 0 spiro atoms. The Kier molecular flexibility index (Phi) is 5.38. The molecular weight excluding hydrogens is 384 g/mol. The first-order valence-electron chi connectivity index (χ1n) is 12.4. The van der Waals surface area contributed by atoms with Gasteiger partial charge in [0.05, 0.1) is 0 Å². The topological polar surface area (TPSA) is 26.3 Å². The standard InChI is InChI=1S/C27H44O2Si/c1-18(28)22-11-12-23-21-10-9-19-17-20(29-30(7,8)25(2,3)4)13-15-26(19,5)24(21)14-16-27(22,23)6/h9-10,20,22-24H,11-17H2,1-8H3/t20-,22+,23-,24-,26-,27+/m0/s1. The molecule has 2 nitrogen and oxygen atoms in total. The predicted molar refractivity (Wildman–Crippen MR) is 128 cm³/mol. The van der Waals surface area contributed by atoms with Crippen molar-refractivity contribution < 1.29 is 9.22 Å². The van der Waals surface area contributed by atoms with E-state index in [1.165, 1.54) is 32.1 Å². The highest BCUT2D eigenvalue weighted by Crippen LogP contribution is 2.65. The second-order valence-corrected chi connectivity index (χ2v) is 17.7. The molecule has 3 saturated carbocycles. The van der Waals surface area contributed by atoms with E-state index < -0.39 is 8.32 Å². The lowest BCUT2D eigenvalue weighted by molar-refractivity contribution is -0.124. The highest BCUT2D eigenvalue weighted by Gasteiger charge is 2.57. The first kappa shape index (κ1) is 22.5. The van der Waals surface area contributed by atoms with E-state index in [1.807, 2.05) is 6.92 Å². The molecule has 0 aromatic rings. The molecule has 30 heavy (non-hydrogen) atoms. The molecule has 4 rings (SSSR count). The maximum absolute atomic E-state index is 12.3. The molecule has 0 aromatic carbocycles. The van der Waals surface area contributed by atoms with Gasteiger partial charge in [-0.2, -0.15) is 0 Å². The van der Waals surface area contributed by atoms with E-state index in [9.17, 15) is 4.79 Å². The van der Waals surface area contributed by atoms with Gasteiger partial charge in [-0.25, -0.2) is 0 Å². The molecule has 0 aliphatic heterocycles. The van der Waals surface area contributed by atoms with Crippen LogP contribution in [-0.2, 0) is 9.22 Å². The Bertz CT molecular complexity index is 785. The van der Waals surface area contributed by atoms with Crippen LogP contribution in [0, 0.1) is 28.6 Å². The molecule has 3 fully saturated rings.